The number of rotatable bonds is 5. The molecule has 0 spiro atoms. The van der Waals surface area contributed by atoms with E-state index in [1.807, 2.05) is 18.2 Å². The van der Waals surface area contributed by atoms with Gasteiger partial charge in [-0.15, -0.1) is 0 Å². The topological polar surface area (TPSA) is 79.8 Å². The molecule has 35 heavy (non-hydrogen) atoms. The number of amides is 1. The van der Waals surface area contributed by atoms with Crippen molar-refractivity contribution in [3.8, 4) is 5.75 Å². The van der Waals surface area contributed by atoms with Gasteiger partial charge in [0.25, 0.3) is 5.91 Å². The summed E-state index contributed by atoms with van der Waals surface area (Å²) in [6.45, 7) is 4.89. The van der Waals surface area contributed by atoms with E-state index in [1.54, 1.807) is 17.0 Å². The molecule has 0 aliphatic carbocycles. The number of halogens is 2. The monoisotopic (exact) mass is 497 g/mol. The SMILES string of the molecule is O=C(C=CCN1CCOCC1)N1CCCOc2cc3ncnc(Nc4ccc(F)c(Cl)c4)c3cc21. The molecule has 182 valence electrons. The summed E-state index contributed by atoms with van der Waals surface area (Å²) >= 11 is 5.93. The first kappa shape index (κ1) is 23.5. The van der Waals surface area contributed by atoms with Crippen LogP contribution < -0.4 is 15.0 Å². The number of fused-ring (bicyclic) bond motifs is 2. The molecular formula is C25H25ClFN5O3. The molecule has 1 aromatic heterocycles. The lowest BCUT2D eigenvalue weighted by Gasteiger charge is -2.25. The summed E-state index contributed by atoms with van der Waals surface area (Å²) in [5.74, 6) is 0.503. The smallest absolute Gasteiger partial charge is 0.250 e. The van der Waals surface area contributed by atoms with Gasteiger partial charge < -0.3 is 19.7 Å². The average Bonchev–Trinajstić information content (AvgIpc) is 3.08. The normalized spacial score (nSPS) is 16.7. The van der Waals surface area contributed by atoms with Crippen molar-refractivity contribution >= 4 is 45.6 Å². The van der Waals surface area contributed by atoms with Gasteiger partial charge in [-0.1, -0.05) is 17.7 Å². The molecule has 0 atom stereocenters. The van der Waals surface area contributed by atoms with Gasteiger partial charge in [0.05, 0.1) is 36.0 Å². The fraction of sp³-hybridized carbons (Fsp3) is 0.320. The zero-order chi connectivity index (χ0) is 24.2. The quantitative estimate of drug-likeness (QED) is 0.530. The van der Waals surface area contributed by atoms with Crippen LogP contribution in [0, 0.1) is 5.82 Å². The number of hydrogen-bond acceptors (Lipinski definition) is 7. The Kier molecular flexibility index (Phi) is 7.08. The van der Waals surface area contributed by atoms with Crippen molar-refractivity contribution < 1.29 is 18.7 Å². The van der Waals surface area contributed by atoms with E-state index in [1.165, 1.54) is 18.5 Å². The number of nitrogens with zero attached hydrogens (tertiary/aromatic N) is 4. The van der Waals surface area contributed by atoms with Crippen LogP contribution in [0.15, 0.2) is 48.8 Å². The van der Waals surface area contributed by atoms with Gasteiger partial charge in [0.15, 0.2) is 0 Å². The molecule has 0 saturated carbocycles. The van der Waals surface area contributed by atoms with Crippen LogP contribution in [0.4, 0.5) is 21.6 Å². The van der Waals surface area contributed by atoms with E-state index >= 15 is 0 Å². The van der Waals surface area contributed by atoms with Gasteiger partial charge in [0.1, 0.15) is 23.7 Å². The van der Waals surface area contributed by atoms with Crippen molar-refractivity contribution in [1.82, 2.24) is 14.9 Å². The Hall–Kier alpha value is -3.27. The number of aromatic nitrogens is 2. The van der Waals surface area contributed by atoms with Crippen LogP contribution in [0.5, 0.6) is 5.75 Å². The molecule has 2 aliphatic rings. The summed E-state index contributed by atoms with van der Waals surface area (Å²) in [4.78, 5) is 25.9. The fourth-order valence-electron chi connectivity index (χ4n) is 4.14. The highest BCUT2D eigenvalue weighted by Gasteiger charge is 2.23. The van der Waals surface area contributed by atoms with Gasteiger partial charge in [-0.05, 0) is 30.7 Å². The number of carbonyl (C=O) groups excluding carboxylic acids is 1. The molecule has 5 rings (SSSR count). The van der Waals surface area contributed by atoms with Crippen LogP contribution >= 0.6 is 11.6 Å². The maximum Gasteiger partial charge on any atom is 0.250 e. The van der Waals surface area contributed by atoms with Crippen molar-refractivity contribution in [1.29, 1.82) is 0 Å². The summed E-state index contributed by atoms with van der Waals surface area (Å²) < 4.78 is 24.9. The van der Waals surface area contributed by atoms with E-state index in [2.05, 4.69) is 20.2 Å². The maximum absolute atomic E-state index is 13.6. The average molecular weight is 498 g/mol. The van der Waals surface area contributed by atoms with Gasteiger partial charge in [-0.25, -0.2) is 14.4 Å². The minimum absolute atomic E-state index is 0.0104. The van der Waals surface area contributed by atoms with E-state index < -0.39 is 5.82 Å². The molecule has 1 amide bonds. The van der Waals surface area contributed by atoms with Crippen molar-refractivity contribution in [3.63, 3.8) is 0 Å². The van der Waals surface area contributed by atoms with Gasteiger partial charge in [0, 0.05) is 49.4 Å². The molecule has 0 unspecified atom stereocenters. The molecule has 0 bridgehead atoms. The minimum atomic E-state index is -0.497. The first-order chi connectivity index (χ1) is 17.1. The molecule has 2 aromatic carbocycles. The fourth-order valence-corrected chi connectivity index (χ4v) is 4.32. The van der Waals surface area contributed by atoms with Gasteiger partial charge >= 0.3 is 0 Å². The molecule has 3 aromatic rings. The third kappa shape index (κ3) is 5.37. The maximum atomic E-state index is 13.6. The molecule has 3 heterocycles. The highest BCUT2D eigenvalue weighted by Crippen LogP contribution is 2.37. The van der Waals surface area contributed by atoms with Crippen LogP contribution in [-0.4, -0.2) is 66.8 Å². The predicted molar refractivity (Wildman–Crippen MR) is 133 cm³/mol. The number of carbonyl (C=O) groups is 1. The molecule has 10 heteroatoms. The zero-order valence-corrected chi connectivity index (χ0v) is 19.8. The van der Waals surface area contributed by atoms with Crippen LogP contribution in [0.2, 0.25) is 5.02 Å². The summed E-state index contributed by atoms with van der Waals surface area (Å²) in [5.41, 5.74) is 1.90. The zero-order valence-electron chi connectivity index (χ0n) is 19.0. The molecule has 1 saturated heterocycles. The highest BCUT2D eigenvalue weighted by atomic mass is 35.5. The van der Waals surface area contributed by atoms with Crippen LogP contribution in [0.25, 0.3) is 10.9 Å². The van der Waals surface area contributed by atoms with E-state index in [0.29, 0.717) is 73.2 Å². The predicted octanol–water partition coefficient (Wildman–Crippen LogP) is 4.17. The number of hydrogen-bond donors (Lipinski definition) is 1. The lowest BCUT2D eigenvalue weighted by molar-refractivity contribution is -0.114. The van der Waals surface area contributed by atoms with Gasteiger partial charge in [-0.3, -0.25) is 9.69 Å². The van der Waals surface area contributed by atoms with Crippen molar-refractivity contribution in [2.75, 3.05) is 56.2 Å². The molecule has 2 aliphatic heterocycles. The van der Waals surface area contributed by atoms with Crippen molar-refractivity contribution in [2.24, 2.45) is 0 Å². The molecule has 0 radical (unpaired) electrons. The summed E-state index contributed by atoms with van der Waals surface area (Å²) in [5, 5.41) is 3.89. The van der Waals surface area contributed by atoms with E-state index in [0.717, 1.165) is 13.1 Å². The second kappa shape index (κ2) is 10.6. The molecular weight excluding hydrogens is 473 g/mol. The third-order valence-corrected chi connectivity index (χ3v) is 6.26. The van der Waals surface area contributed by atoms with Gasteiger partial charge in [-0.2, -0.15) is 0 Å². The number of benzene rings is 2. The standard InChI is InChI=1S/C25H25ClFN5O3/c26-19-13-17(4-5-20(19)27)30-25-18-14-22-23(15-21(18)28-16-29-25)35-10-2-7-32(22)24(33)3-1-6-31-8-11-34-12-9-31/h1,3-5,13-16H,2,6-12H2,(H,28,29,30). The minimum Gasteiger partial charge on any atom is -0.491 e. The molecule has 1 fully saturated rings. The Bertz CT molecular complexity index is 1270. The Morgan fingerprint density at radius 2 is 2.00 bits per heavy atom. The Labute approximate surface area is 207 Å². The lowest BCUT2D eigenvalue weighted by Crippen LogP contribution is -2.36. The second-order valence-electron chi connectivity index (χ2n) is 8.32. The van der Waals surface area contributed by atoms with Gasteiger partial charge in [0.2, 0.25) is 0 Å². The summed E-state index contributed by atoms with van der Waals surface area (Å²) in [6, 6.07) is 8.04. The van der Waals surface area contributed by atoms with E-state index in [-0.39, 0.29) is 10.9 Å². The van der Waals surface area contributed by atoms with Crippen LogP contribution in [-0.2, 0) is 9.53 Å². The summed E-state index contributed by atoms with van der Waals surface area (Å²) in [6.07, 6.45) is 5.67. The Morgan fingerprint density at radius 3 is 2.83 bits per heavy atom. The summed E-state index contributed by atoms with van der Waals surface area (Å²) in [7, 11) is 0. The Morgan fingerprint density at radius 1 is 1.14 bits per heavy atom. The number of anilines is 3. The lowest BCUT2D eigenvalue weighted by atomic mass is 10.1. The molecule has 8 nitrogen and oxygen atoms in total. The number of nitrogens with one attached hydrogen (secondary N) is 1. The van der Waals surface area contributed by atoms with Crippen LogP contribution in [0.3, 0.4) is 0 Å². The van der Waals surface area contributed by atoms with E-state index in [9.17, 15) is 9.18 Å². The highest BCUT2D eigenvalue weighted by molar-refractivity contribution is 6.31. The first-order valence-corrected chi connectivity index (χ1v) is 11.9. The molecule has 1 N–H and O–H groups in total. The first-order valence-electron chi connectivity index (χ1n) is 11.5. The van der Waals surface area contributed by atoms with Crippen molar-refractivity contribution in [3.05, 3.63) is 59.7 Å². The largest absolute Gasteiger partial charge is 0.491 e. The van der Waals surface area contributed by atoms with Crippen LogP contribution in [0.1, 0.15) is 6.42 Å². The number of morpholine rings is 1. The third-order valence-electron chi connectivity index (χ3n) is 5.97. The van der Waals surface area contributed by atoms with Crippen molar-refractivity contribution in [2.45, 2.75) is 6.42 Å². The number of ether oxygens (including phenoxy) is 2. The second-order valence-corrected chi connectivity index (χ2v) is 8.73. The Balaban J connectivity index is 1.44. The van der Waals surface area contributed by atoms with E-state index in [4.69, 9.17) is 21.1 Å².